The van der Waals surface area contributed by atoms with Crippen LogP contribution in [0.3, 0.4) is 0 Å². The molecular formula is C22H19BrN2O3S. The number of ether oxygens (including phenoxy) is 2. The summed E-state index contributed by atoms with van der Waals surface area (Å²) in [5, 5.41) is 0.665. The minimum absolute atomic E-state index is 0.124. The fourth-order valence-corrected chi connectivity index (χ4v) is 4.36. The van der Waals surface area contributed by atoms with Crippen molar-refractivity contribution in [3.05, 3.63) is 73.3 Å². The van der Waals surface area contributed by atoms with Crippen molar-refractivity contribution >= 4 is 37.5 Å². The predicted octanol–water partition coefficient (Wildman–Crippen LogP) is 5.62. The molecule has 0 aliphatic heterocycles. The van der Waals surface area contributed by atoms with Gasteiger partial charge in [0.15, 0.2) is 11.5 Å². The summed E-state index contributed by atoms with van der Waals surface area (Å²) in [6.45, 7) is 4.38. The third kappa shape index (κ3) is 3.93. The number of rotatable bonds is 5. The molecule has 0 aliphatic carbocycles. The zero-order valence-corrected chi connectivity index (χ0v) is 18.6. The second kappa shape index (κ2) is 8.00. The zero-order valence-electron chi connectivity index (χ0n) is 16.2. The summed E-state index contributed by atoms with van der Waals surface area (Å²) < 4.78 is 12.5. The zero-order chi connectivity index (χ0) is 20.5. The molecule has 1 N–H and O–H groups in total. The molecule has 0 bridgehead atoms. The van der Waals surface area contributed by atoms with Crippen molar-refractivity contribution in [2.75, 3.05) is 7.11 Å². The Hall–Kier alpha value is -2.64. The maximum Gasteiger partial charge on any atom is 0.260 e. The van der Waals surface area contributed by atoms with E-state index >= 15 is 0 Å². The Bertz CT molecular complexity index is 1250. The average Bonchev–Trinajstić information content (AvgIpc) is 3.01. The third-order valence-corrected chi connectivity index (χ3v) is 6.41. The number of benzene rings is 2. The minimum Gasteiger partial charge on any atom is -0.493 e. The first-order valence-electron chi connectivity index (χ1n) is 9.02. The lowest BCUT2D eigenvalue weighted by Gasteiger charge is -2.12. The van der Waals surface area contributed by atoms with Gasteiger partial charge in [0.25, 0.3) is 5.56 Å². The lowest BCUT2D eigenvalue weighted by molar-refractivity contribution is 0.284. The molecule has 29 heavy (non-hydrogen) atoms. The number of aryl methyl sites for hydroxylation is 2. The maximum absolute atomic E-state index is 12.6. The summed E-state index contributed by atoms with van der Waals surface area (Å²) in [5.74, 6) is 1.73. The number of fused-ring (bicyclic) bond motifs is 1. The van der Waals surface area contributed by atoms with Crippen LogP contribution < -0.4 is 15.0 Å². The van der Waals surface area contributed by atoms with Crippen LogP contribution in [0, 0.1) is 13.8 Å². The molecule has 4 rings (SSSR count). The molecule has 0 saturated carbocycles. The van der Waals surface area contributed by atoms with Crippen molar-refractivity contribution in [1.82, 2.24) is 9.97 Å². The van der Waals surface area contributed by atoms with Gasteiger partial charge >= 0.3 is 0 Å². The molecule has 0 amide bonds. The first-order chi connectivity index (χ1) is 14.0. The van der Waals surface area contributed by atoms with Gasteiger partial charge in [0.2, 0.25) is 0 Å². The van der Waals surface area contributed by atoms with E-state index in [2.05, 4.69) is 25.9 Å². The third-order valence-electron chi connectivity index (χ3n) is 4.78. The second-order valence-electron chi connectivity index (χ2n) is 6.66. The second-order valence-corrected chi connectivity index (χ2v) is 8.78. The summed E-state index contributed by atoms with van der Waals surface area (Å²) >= 11 is 4.96. The van der Waals surface area contributed by atoms with Crippen LogP contribution in [0.4, 0.5) is 0 Å². The van der Waals surface area contributed by atoms with Gasteiger partial charge in [0.1, 0.15) is 17.3 Å². The number of aromatic amines is 1. The number of nitrogens with one attached hydrogen (secondary N) is 1. The van der Waals surface area contributed by atoms with E-state index in [-0.39, 0.29) is 5.56 Å². The molecule has 2 heterocycles. The highest BCUT2D eigenvalue weighted by Gasteiger charge is 2.14. The van der Waals surface area contributed by atoms with E-state index in [1.54, 1.807) is 7.11 Å². The van der Waals surface area contributed by atoms with Crippen LogP contribution in [0.1, 0.15) is 16.0 Å². The van der Waals surface area contributed by atoms with Crippen LogP contribution >= 0.6 is 27.3 Å². The molecule has 0 fully saturated rings. The SMILES string of the molecule is COc1cc(-c2nc3sc(C)c(C)c3c(=O)[nH]2)ccc1OCc1ccc(Br)cc1. The van der Waals surface area contributed by atoms with E-state index in [9.17, 15) is 4.79 Å². The average molecular weight is 471 g/mol. The number of thiophene rings is 1. The van der Waals surface area contributed by atoms with Crippen molar-refractivity contribution in [3.8, 4) is 22.9 Å². The number of hydrogen-bond donors (Lipinski definition) is 1. The Morgan fingerprint density at radius 1 is 1.10 bits per heavy atom. The van der Waals surface area contributed by atoms with Crippen molar-refractivity contribution < 1.29 is 9.47 Å². The van der Waals surface area contributed by atoms with Gasteiger partial charge in [0, 0.05) is 14.9 Å². The van der Waals surface area contributed by atoms with Crippen LogP contribution in [-0.4, -0.2) is 17.1 Å². The van der Waals surface area contributed by atoms with Gasteiger partial charge in [-0.05, 0) is 55.3 Å². The van der Waals surface area contributed by atoms with Crippen LogP contribution in [0.25, 0.3) is 21.6 Å². The van der Waals surface area contributed by atoms with Gasteiger partial charge in [-0.15, -0.1) is 11.3 Å². The van der Waals surface area contributed by atoms with Crippen molar-refractivity contribution in [2.24, 2.45) is 0 Å². The normalized spacial score (nSPS) is 11.0. The summed E-state index contributed by atoms with van der Waals surface area (Å²) in [6, 6.07) is 13.5. The minimum atomic E-state index is -0.124. The first kappa shape index (κ1) is 19.7. The molecule has 2 aromatic carbocycles. The van der Waals surface area contributed by atoms with Gasteiger partial charge < -0.3 is 14.5 Å². The Balaban J connectivity index is 1.65. The van der Waals surface area contributed by atoms with Crippen LogP contribution in [0.2, 0.25) is 0 Å². The van der Waals surface area contributed by atoms with Gasteiger partial charge in [-0.1, -0.05) is 28.1 Å². The molecule has 0 unspecified atom stereocenters. The van der Waals surface area contributed by atoms with E-state index in [0.29, 0.717) is 29.3 Å². The number of nitrogens with zero attached hydrogens (tertiary/aromatic N) is 1. The summed E-state index contributed by atoms with van der Waals surface area (Å²) in [5.41, 5.74) is 2.68. The Morgan fingerprint density at radius 3 is 2.59 bits per heavy atom. The molecule has 0 spiro atoms. The molecule has 0 radical (unpaired) electrons. The quantitative estimate of drug-likeness (QED) is 0.411. The van der Waals surface area contributed by atoms with Crippen LogP contribution in [-0.2, 0) is 6.61 Å². The number of halogens is 1. The summed E-state index contributed by atoms with van der Waals surface area (Å²) in [4.78, 5) is 22.0. The molecule has 2 aromatic heterocycles. The van der Waals surface area contributed by atoms with E-state index < -0.39 is 0 Å². The number of hydrogen-bond acceptors (Lipinski definition) is 5. The lowest BCUT2D eigenvalue weighted by atomic mass is 10.1. The smallest absolute Gasteiger partial charge is 0.260 e. The van der Waals surface area contributed by atoms with Crippen molar-refractivity contribution in [3.63, 3.8) is 0 Å². The Morgan fingerprint density at radius 2 is 1.86 bits per heavy atom. The molecule has 0 aliphatic rings. The Labute approximate surface area is 180 Å². The summed E-state index contributed by atoms with van der Waals surface area (Å²) in [7, 11) is 1.59. The van der Waals surface area contributed by atoms with Gasteiger partial charge in [-0.3, -0.25) is 4.79 Å². The fourth-order valence-electron chi connectivity index (χ4n) is 3.07. The number of methoxy groups -OCH3 is 1. The molecular weight excluding hydrogens is 452 g/mol. The highest BCUT2D eigenvalue weighted by atomic mass is 79.9. The Kier molecular flexibility index (Phi) is 5.43. The monoisotopic (exact) mass is 470 g/mol. The standard InChI is InChI=1S/C22H19BrN2O3S/c1-12-13(2)29-22-19(12)21(26)24-20(25-22)15-6-9-17(18(10-15)27-3)28-11-14-4-7-16(23)8-5-14/h4-10H,11H2,1-3H3,(H,24,25,26). The highest BCUT2D eigenvalue weighted by molar-refractivity contribution is 9.10. The van der Waals surface area contributed by atoms with Crippen molar-refractivity contribution in [2.45, 2.75) is 20.5 Å². The van der Waals surface area contributed by atoms with Crippen LogP contribution in [0.5, 0.6) is 11.5 Å². The molecule has 5 nitrogen and oxygen atoms in total. The molecule has 0 saturated heterocycles. The fraction of sp³-hybridized carbons (Fsp3) is 0.182. The van der Waals surface area contributed by atoms with E-state index in [4.69, 9.17) is 9.47 Å². The van der Waals surface area contributed by atoms with Crippen LogP contribution in [0.15, 0.2) is 51.7 Å². The van der Waals surface area contributed by atoms with E-state index in [1.165, 1.54) is 11.3 Å². The highest BCUT2D eigenvalue weighted by Crippen LogP contribution is 2.33. The first-order valence-corrected chi connectivity index (χ1v) is 10.6. The molecule has 148 valence electrons. The van der Waals surface area contributed by atoms with E-state index in [0.717, 1.165) is 30.9 Å². The predicted molar refractivity (Wildman–Crippen MR) is 120 cm³/mol. The summed E-state index contributed by atoms with van der Waals surface area (Å²) in [6.07, 6.45) is 0. The van der Waals surface area contributed by atoms with Gasteiger partial charge in [-0.2, -0.15) is 0 Å². The van der Waals surface area contributed by atoms with E-state index in [1.807, 2.05) is 56.3 Å². The molecule has 4 aromatic rings. The van der Waals surface area contributed by atoms with Gasteiger partial charge in [0.05, 0.1) is 12.5 Å². The molecule has 7 heteroatoms. The largest absolute Gasteiger partial charge is 0.493 e. The number of aromatic nitrogens is 2. The maximum atomic E-state index is 12.6. The van der Waals surface area contributed by atoms with Gasteiger partial charge in [-0.25, -0.2) is 4.98 Å². The lowest BCUT2D eigenvalue weighted by Crippen LogP contribution is -2.09. The topological polar surface area (TPSA) is 64.2 Å². The molecule has 0 atom stereocenters. The number of H-pyrrole nitrogens is 1. The van der Waals surface area contributed by atoms with Crippen molar-refractivity contribution in [1.29, 1.82) is 0 Å².